The molecule has 0 unspecified atom stereocenters. The lowest BCUT2D eigenvalue weighted by Gasteiger charge is -2.05. The van der Waals surface area contributed by atoms with Crippen molar-refractivity contribution in [2.24, 2.45) is 7.05 Å². The third kappa shape index (κ3) is 3.35. The van der Waals surface area contributed by atoms with Crippen molar-refractivity contribution in [3.05, 3.63) is 47.8 Å². The number of hydrogen-bond acceptors (Lipinski definition) is 4. The molecule has 1 N–H and O–H groups in total. The highest BCUT2D eigenvalue weighted by molar-refractivity contribution is 7.99. The Kier molecular flexibility index (Phi) is 4.81. The van der Waals surface area contributed by atoms with E-state index in [4.69, 9.17) is 9.84 Å². The van der Waals surface area contributed by atoms with E-state index in [2.05, 4.69) is 4.98 Å². The summed E-state index contributed by atoms with van der Waals surface area (Å²) in [6.07, 6.45) is 1.68. The van der Waals surface area contributed by atoms with Gasteiger partial charge in [-0.2, -0.15) is 0 Å². The standard InChI is InChI=1S/C13H16N2O2S/c1-15-12(8-16)7-14-13(15)18-10-17-9-11-5-3-2-4-6-11/h2-7,16H,8-10H2,1H3. The third-order valence-corrected chi connectivity index (χ3v) is 3.51. The minimum atomic E-state index is 0.00886. The number of imidazole rings is 1. The first-order valence-corrected chi connectivity index (χ1v) is 6.65. The van der Waals surface area contributed by atoms with Crippen LogP contribution in [0.2, 0.25) is 0 Å². The van der Waals surface area contributed by atoms with Crippen LogP contribution in [0.1, 0.15) is 11.3 Å². The summed E-state index contributed by atoms with van der Waals surface area (Å²) in [6.45, 7) is 0.611. The van der Waals surface area contributed by atoms with Crippen molar-refractivity contribution in [1.29, 1.82) is 0 Å². The number of benzene rings is 1. The van der Waals surface area contributed by atoms with E-state index in [1.807, 2.05) is 41.9 Å². The van der Waals surface area contributed by atoms with Gasteiger partial charge in [0.25, 0.3) is 0 Å². The van der Waals surface area contributed by atoms with Gasteiger partial charge in [0.15, 0.2) is 5.16 Å². The highest BCUT2D eigenvalue weighted by Gasteiger charge is 2.05. The van der Waals surface area contributed by atoms with Gasteiger partial charge in [-0.05, 0) is 5.56 Å². The first-order chi connectivity index (χ1) is 8.81. The Balaban J connectivity index is 1.77. The zero-order valence-electron chi connectivity index (χ0n) is 10.2. The Labute approximate surface area is 111 Å². The molecule has 0 aliphatic heterocycles. The molecule has 18 heavy (non-hydrogen) atoms. The molecular formula is C13H16N2O2S. The van der Waals surface area contributed by atoms with E-state index < -0.39 is 0 Å². The summed E-state index contributed by atoms with van der Waals surface area (Å²) in [5.41, 5.74) is 1.97. The van der Waals surface area contributed by atoms with E-state index in [1.165, 1.54) is 11.8 Å². The molecular weight excluding hydrogens is 248 g/mol. The van der Waals surface area contributed by atoms with Gasteiger partial charge in [0, 0.05) is 7.05 Å². The second-order valence-corrected chi connectivity index (χ2v) is 4.74. The van der Waals surface area contributed by atoms with Crippen LogP contribution in [-0.4, -0.2) is 20.6 Å². The number of aliphatic hydroxyl groups excluding tert-OH is 1. The molecule has 0 saturated heterocycles. The van der Waals surface area contributed by atoms with Crippen LogP contribution < -0.4 is 0 Å². The molecule has 2 rings (SSSR count). The van der Waals surface area contributed by atoms with Crippen molar-refractivity contribution in [3.8, 4) is 0 Å². The van der Waals surface area contributed by atoms with Gasteiger partial charge in [-0.15, -0.1) is 0 Å². The smallest absolute Gasteiger partial charge is 0.170 e. The minimum absolute atomic E-state index is 0.00886. The van der Waals surface area contributed by atoms with Gasteiger partial charge >= 0.3 is 0 Å². The predicted molar refractivity (Wildman–Crippen MR) is 71.1 cm³/mol. The van der Waals surface area contributed by atoms with E-state index >= 15 is 0 Å². The van der Waals surface area contributed by atoms with E-state index in [0.717, 1.165) is 16.4 Å². The lowest BCUT2D eigenvalue weighted by molar-refractivity contribution is 0.169. The van der Waals surface area contributed by atoms with Crippen LogP contribution >= 0.6 is 11.8 Å². The first-order valence-electron chi connectivity index (χ1n) is 5.67. The number of aromatic nitrogens is 2. The van der Waals surface area contributed by atoms with Gasteiger partial charge in [-0.3, -0.25) is 0 Å². The maximum absolute atomic E-state index is 9.05. The van der Waals surface area contributed by atoms with Crippen LogP contribution in [0.25, 0.3) is 0 Å². The van der Waals surface area contributed by atoms with Crippen LogP contribution in [0.5, 0.6) is 0 Å². The van der Waals surface area contributed by atoms with Crippen molar-refractivity contribution >= 4 is 11.8 Å². The number of rotatable bonds is 6. The number of ether oxygens (including phenoxy) is 1. The van der Waals surface area contributed by atoms with Gasteiger partial charge in [0.05, 0.1) is 25.1 Å². The highest BCUT2D eigenvalue weighted by atomic mass is 32.2. The van der Waals surface area contributed by atoms with Crippen LogP contribution in [0.4, 0.5) is 0 Å². The molecule has 0 bridgehead atoms. The number of aliphatic hydroxyl groups is 1. The quantitative estimate of drug-likeness (QED) is 0.493. The zero-order valence-corrected chi connectivity index (χ0v) is 11.1. The van der Waals surface area contributed by atoms with Gasteiger partial charge in [0.2, 0.25) is 0 Å². The molecule has 2 aromatic rings. The molecule has 0 radical (unpaired) electrons. The Morgan fingerprint density at radius 3 is 2.78 bits per heavy atom. The van der Waals surface area contributed by atoms with E-state index in [9.17, 15) is 0 Å². The monoisotopic (exact) mass is 264 g/mol. The number of hydrogen-bond donors (Lipinski definition) is 1. The summed E-state index contributed by atoms with van der Waals surface area (Å²) in [5, 5.41) is 9.90. The Morgan fingerprint density at radius 1 is 1.33 bits per heavy atom. The van der Waals surface area contributed by atoms with Gasteiger partial charge in [0.1, 0.15) is 5.94 Å². The summed E-state index contributed by atoms with van der Waals surface area (Å²) in [6, 6.07) is 10.1. The summed E-state index contributed by atoms with van der Waals surface area (Å²) in [5.74, 6) is 0.546. The van der Waals surface area contributed by atoms with Crippen molar-refractivity contribution in [2.75, 3.05) is 5.94 Å². The fraction of sp³-hybridized carbons (Fsp3) is 0.308. The summed E-state index contributed by atoms with van der Waals surface area (Å²) >= 11 is 1.52. The van der Waals surface area contributed by atoms with Crippen LogP contribution in [-0.2, 0) is 25.0 Å². The molecule has 0 amide bonds. The van der Waals surface area contributed by atoms with E-state index in [1.54, 1.807) is 6.20 Å². The average Bonchev–Trinajstić information content (AvgIpc) is 2.77. The van der Waals surface area contributed by atoms with Gasteiger partial charge < -0.3 is 14.4 Å². The summed E-state index contributed by atoms with van der Waals surface area (Å²) < 4.78 is 7.44. The van der Waals surface area contributed by atoms with Crippen LogP contribution in [0.15, 0.2) is 41.7 Å². The van der Waals surface area contributed by atoms with Crippen molar-refractivity contribution in [3.63, 3.8) is 0 Å². The van der Waals surface area contributed by atoms with Crippen LogP contribution in [0.3, 0.4) is 0 Å². The first kappa shape index (κ1) is 13.1. The second-order valence-electron chi connectivity index (χ2n) is 3.85. The Bertz CT molecular complexity index is 485. The molecule has 1 aromatic carbocycles. The molecule has 0 atom stereocenters. The fourth-order valence-electron chi connectivity index (χ4n) is 1.53. The maximum atomic E-state index is 9.05. The Morgan fingerprint density at radius 2 is 2.11 bits per heavy atom. The molecule has 0 aliphatic rings. The van der Waals surface area contributed by atoms with Crippen molar-refractivity contribution in [2.45, 2.75) is 18.4 Å². The van der Waals surface area contributed by atoms with E-state index in [0.29, 0.717) is 12.5 Å². The lowest BCUT2D eigenvalue weighted by atomic mass is 10.2. The fourth-order valence-corrected chi connectivity index (χ4v) is 2.25. The van der Waals surface area contributed by atoms with Gasteiger partial charge in [-0.1, -0.05) is 42.1 Å². The third-order valence-electron chi connectivity index (χ3n) is 2.59. The molecule has 96 valence electrons. The number of thioether (sulfide) groups is 1. The maximum Gasteiger partial charge on any atom is 0.170 e. The molecule has 0 spiro atoms. The minimum Gasteiger partial charge on any atom is -0.390 e. The Hall–Kier alpha value is -1.30. The summed E-state index contributed by atoms with van der Waals surface area (Å²) in [4.78, 5) is 4.22. The normalized spacial score (nSPS) is 10.8. The van der Waals surface area contributed by atoms with Crippen molar-refractivity contribution < 1.29 is 9.84 Å². The van der Waals surface area contributed by atoms with Crippen LogP contribution in [0, 0.1) is 0 Å². The molecule has 5 heteroatoms. The average molecular weight is 264 g/mol. The predicted octanol–water partition coefficient (Wildman–Crippen LogP) is 2.18. The topological polar surface area (TPSA) is 47.3 Å². The largest absolute Gasteiger partial charge is 0.390 e. The SMILES string of the molecule is Cn1c(CO)cnc1SCOCc1ccccc1. The molecule has 0 aliphatic carbocycles. The summed E-state index contributed by atoms with van der Waals surface area (Å²) in [7, 11) is 1.89. The molecule has 0 saturated carbocycles. The van der Waals surface area contributed by atoms with Gasteiger partial charge in [-0.25, -0.2) is 4.98 Å². The lowest BCUT2D eigenvalue weighted by Crippen LogP contribution is -1.99. The molecule has 0 fully saturated rings. The number of nitrogens with zero attached hydrogens (tertiary/aromatic N) is 2. The molecule has 1 heterocycles. The van der Waals surface area contributed by atoms with E-state index in [-0.39, 0.29) is 6.61 Å². The zero-order chi connectivity index (χ0) is 12.8. The molecule has 1 aromatic heterocycles. The molecule has 4 nitrogen and oxygen atoms in total. The second kappa shape index (κ2) is 6.58. The highest BCUT2D eigenvalue weighted by Crippen LogP contribution is 2.17. The van der Waals surface area contributed by atoms with Crippen molar-refractivity contribution in [1.82, 2.24) is 9.55 Å².